The Hall–Kier alpha value is -1.09. The summed E-state index contributed by atoms with van der Waals surface area (Å²) in [7, 11) is 0. The summed E-state index contributed by atoms with van der Waals surface area (Å²) in [4.78, 5) is 0. The first-order valence-corrected chi connectivity index (χ1v) is 6.95. The summed E-state index contributed by atoms with van der Waals surface area (Å²) in [5.74, 6) is 0.570. The topological polar surface area (TPSA) is 17.8 Å². The van der Waals surface area contributed by atoms with Crippen molar-refractivity contribution in [1.29, 1.82) is 0 Å². The molecule has 0 N–H and O–H groups in total. The van der Waals surface area contributed by atoms with E-state index in [1.165, 1.54) is 16.8 Å². The fourth-order valence-electron chi connectivity index (χ4n) is 1.84. The van der Waals surface area contributed by atoms with Crippen LogP contribution < -0.4 is 0 Å². The number of hydrogen-bond donors (Lipinski definition) is 0. The van der Waals surface area contributed by atoms with Crippen LogP contribution in [0, 0.1) is 6.92 Å². The summed E-state index contributed by atoms with van der Waals surface area (Å²) in [5, 5.41) is 5.27. The molecule has 1 aromatic carbocycles. The van der Waals surface area contributed by atoms with Gasteiger partial charge in [0.2, 0.25) is 0 Å². The van der Waals surface area contributed by atoms with Gasteiger partial charge in [-0.05, 0) is 30.5 Å². The van der Waals surface area contributed by atoms with Crippen LogP contribution in [-0.2, 0) is 5.33 Å². The molecule has 0 aliphatic rings. The molecule has 0 aliphatic heterocycles. The van der Waals surface area contributed by atoms with E-state index in [9.17, 15) is 0 Å². The van der Waals surface area contributed by atoms with Gasteiger partial charge in [-0.1, -0.05) is 41.9 Å². The quantitative estimate of drug-likeness (QED) is 0.776. The molecule has 90 valence electrons. The zero-order chi connectivity index (χ0) is 12.4. The average molecular weight is 293 g/mol. The Balaban J connectivity index is 2.36. The lowest BCUT2D eigenvalue weighted by Gasteiger charge is -2.08. The van der Waals surface area contributed by atoms with Crippen LogP contribution in [-0.4, -0.2) is 9.78 Å². The number of benzene rings is 1. The number of aromatic nitrogens is 2. The second-order valence-electron chi connectivity index (χ2n) is 4.55. The molecule has 2 aromatic rings. The molecule has 0 amide bonds. The second-order valence-corrected chi connectivity index (χ2v) is 5.11. The number of alkyl halides is 1. The standard InChI is InChI=1S/C14H17BrN2/c1-10(2)12-4-6-14(7-5-12)17-11(3)13(8-15)9-16-17/h4-7,9-10H,8H2,1-3H3. The van der Waals surface area contributed by atoms with Crippen LogP contribution in [0.5, 0.6) is 0 Å². The van der Waals surface area contributed by atoms with Gasteiger partial charge in [0.1, 0.15) is 0 Å². The minimum atomic E-state index is 0.570. The zero-order valence-corrected chi connectivity index (χ0v) is 12.0. The van der Waals surface area contributed by atoms with Crippen molar-refractivity contribution in [3.8, 4) is 5.69 Å². The summed E-state index contributed by atoms with van der Waals surface area (Å²) in [6, 6.07) is 8.62. The maximum absolute atomic E-state index is 4.42. The minimum Gasteiger partial charge on any atom is -0.238 e. The van der Waals surface area contributed by atoms with Crippen molar-refractivity contribution in [2.24, 2.45) is 0 Å². The average Bonchev–Trinajstić information content (AvgIpc) is 2.70. The molecule has 0 radical (unpaired) electrons. The maximum Gasteiger partial charge on any atom is 0.0648 e. The third-order valence-corrected chi connectivity index (χ3v) is 3.66. The number of rotatable bonds is 3. The number of nitrogens with zero attached hydrogens (tertiary/aromatic N) is 2. The Kier molecular flexibility index (Phi) is 3.67. The number of hydrogen-bond acceptors (Lipinski definition) is 1. The first-order chi connectivity index (χ1) is 8.13. The molecule has 0 unspecified atom stereocenters. The van der Waals surface area contributed by atoms with Gasteiger partial charge in [0.15, 0.2) is 0 Å². The SMILES string of the molecule is Cc1c(CBr)cnn1-c1ccc(C(C)C)cc1. The highest BCUT2D eigenvalue weighted by molar-refractivity contribution is 9.08. The van der Waals surface area contributed by atoms with Gasteiger partial charge in [-0.2, -0.15) is 5.10 Å². The third-order valence-electron chi connectivity index (χ3n) is 3.06. The summed E-state index contributed by atoms with van der Waals surface area (Å²) < 4.78 is 1.99. The van der Waals surface area contributed by atoms with Crippen molar-refractivity contribution in [1.82, 2.24) is 9.78 Å². The van der Waals surface area contributed by atoms with Crippen molar-refractivity contribution >= 4 is 15.9 Å². The highest BCUT2D eigenvalue weighted by Gasteiger charge is 2.07. The van der Waals surface area contributed by atoms with Crippen LogP contribution >= 0.6 is 15.9 Å². The molecule has 0 atom stereocenters. The largest absolute Gasteiger partial charge is 0.238 e. The molecule has 0 bridgehead atoms. The van der Waals surface area contributed by atoms with E-state index in [-0.39, 0.29) is 0 Å². The molecular formula is C14H17BrN2. The van der Waals surface area contributed by atoms with Crippen LogP contribution in [0.1, 0.15) is 36.6 Å². The van der Waals surface area contributed by atoms with Gasteiger partial charge in [-0.25, -0.2) is 4.68 Å². The van der Waals surface area contributed by atoms with E-state index in [0.717, 1.165) is 11.0 Å². The molecule has 3 heteroatoms. The van der Waals surface area contributed by atoms with Gasteiger partial charge in [0.25, 0.3) is 0 Å². The van der Waals surface area contributed by atoms with Gasteiger partial charge in [-0.15, -0.1) is 0 Å². The lowest BCUT2D eigenvalue weighted by Crippen LogP contribution is -1.99. The van der Waals surface area contributed by atoms with Crippen LogP contribution in [0.15, 0.2) is 30.5 Å². The molecule has 0 aliphatic carbocycles. The molecule has 1 aromatic heterocycles. The Bertz CT molecular complexity index is 497. The van der Waals surface area contributed by atoms with E-state index in [2.05, 4.69) is 66.1 Å². The molecule has 1 heterocycles. The summed E-state index contributed by atoms with van der Waals surface area (Å²) >= 11 is 3.47. The molecule has 0 fully saturated rings. The van der Waals surface area contributed by atoms with Crippen LogP contribution in [0.3, 0.4) is 0 Å². The normalized spacial score (nSPS) is 11.1. The van der Waals surface area contributed by atoms with Gasteiger partial charge >= 0.3 is 0 Å². The molecule has 17 heavy (non-hydrogen) atoms. The third kappa shape index (κ3) is 2.44. The minimum absolute atomic E-state index is 0.570. The van der Waals surface area contributed by atoms with Crippen molar-refractivity contribution < 1.29 is 0 Å². The van der Waals surface area contributed by atoms with Gasteiger partial charge in [0, 0.05) is 16.6 Å². The Morgan fingerprint density at radius 2 is 1.88 bits per heavy atom. The molecule has 0 spiro atoms. The maximum atomic E-state index is 4.42. The van der Waals surface area contributed by atoms with Crippen molar-refractivity contribution in [2.75, 3.05) is 0 Å². The lowest BCUT2D eigenvalue weighted by atomic mass is 10.0. The Morgan fingerprint density at radius 3 is 2.35 bits per heavy atom. The molecule has 2 nitrogen and oxygen atoms in total. The van der Waals surface area contributed by atoms with Crippen LogP contribution in [0.2, 0.25) is 0 Å². The van der Waals surface area contributed by atoms with Gasteiger partial charge in [-0.3, -0.25) is 0 Å². The predicted molar refractivity (Wildman–Crippen MR) is 75.0 cm³/mol. The van der Waals surface area contributed by atoms with E-state index in [0.29, 0.717) is 5.92 Å². The molecule has 2 rings (SSSR count). The van der Waals surface area contributed by atoms with Crippen molar-refractivity contribution in [3.05, 3.63) is 47.3 Å². The number of halogens is 1. The van der Waals surface area contributed by atoms with Gasteiger partial charge in [0.05, 0.1) is 11.9 Å². The molecule has 0 saturated heterocycles. The first kappa shape index (κ1) is 12.4. The monoisotopic (exact) mass is 292 g/mol. The van der Waals surface area contributed by atoms with E-state index in [4.69, 9.17) is 0 Å². The second kappa shape index (κ2) is 5.05. The highest BCUT2D eigenvalue weighted by Crippen LogP contribution is 2.19. The predicted octanol–water partition coefficient (Wildman–Crippen LogP) is 4.20. The first-order valence-electron chi connectivity index (χ1n) is 5.83. The molecule has 0 saturated carbocycles. The fourth-order valence-corrected chi connectivity index (χ4v) is 2.39. The van der Waals surface area contributed by atoms with E-state index in [1.54, 1.807) is 0 Å². The fraction of sp³-hybridized carbons (Fsp3) is 0.357. The van der Waals surface area contributed by atoms with Crippen molar-refractivity contribution in [2.45, 2.75) is 32.0 Å². The van der Waals surface area contributed by atoms with Gasteiger partial charge < -0.3 is 0 Å². The van der Waals surface area contributed by atoms with Crippen LogP contribution in [0.25, 0.3) is 5.69 Å². The summed E-state index contributed by atoms with van der Waals surface area (Å²) in [6.45, 7) is 6.51. The zero-order valence-electron chi connectivity index (χ0n) is 10.4. The molecular weight excluding hydrogens is 276 g/mol. The Morgan fingerprint density at radius 1 is 1.24 bits per heavy atom. The van der Waals surface area contributed by atoms with E-state index in [1.807, 2.05) is 10.9 Å². The summed E-state index contributed by atoms with van der Waals surface area (Å²) in [5.41, 5.74) is 4.91. The highest BCUT2D eigenvalue weighted by atomic mass is 79.9. The summed E-state index contributed by atoms with van der Waals surface area (Å²) in [6.07, 6.45) is 1.92. The Labute approximate surface area is 111 Å². The smallest absolute Gasteiger partial charge is 0.0648 e. The van der Waals surface area contributed by atoms with Crippen molar-refractivity contribution in [3.63, 3.8) is 0 Å². The van der Waals surface area contributed by atoms with E-state index < -0.39 is 0 Å². The van der Waals surface area contributed by atoms with Crippen LogP contribution in [0.4, 0.5) is 0 Å². The lowest BCUT2D eigenvalue weighted by molar-refractivity contribution is 0.835. The van der Waals surface area contributed by atoms with E-state index >= 15 is 0 Å².